The highest BCUT2D eigenvalue weighted by Gasteiger charge is 2.13. The summed E-state index contributed by atoms with van der Waals surface area (Å²) >= 11 is 3.07. The van der Waals surface area contributed by atoms with E-state index in [-0.39, 0.29) is 36.1 Å². The lowest BCUT2D eigenvalue weighted by Gasteiger charge is -2.11. The van der Waals surface area contributed by atoms with Gasteiger partial charge in [0, 0.05) is 17.1 Å². The number of H-pyrrole nitrogens is 1. The van der Waals surface area contributed by atoms with E-state index in [4.69, 9.17) is 0 Å². The first-order valence-electron chi connectivity index (χ1n) is 7.34. The number of alkyl halides is 2. The summed E-state index contributed by atoms with van der Waals surface area (Å²) in [4.78, 5) is 26.6. The van der Waals surface area contributed by atoms with Gasteiger partial charge in [0.25, 0.3) is 5.56 Å². The molecule has 0 spiro atoms. The molecule has 0 saturated carbocycles. The zero-order valence-electron chi connectivity index (χ0n) is 12.5. The second kappa shape index (κ2) is 8.62. The van der Waals surface area contributed by atoms with Crippen molar-refractivity contribution < 1.29 is 9.18 Å². The Kier molecular flexibility index (Phi) is 6.52. The molecule has 4 nitrogen and oxygen atoms in total. The van der Waals surface area contributed by atoms with Gasteiger partial charge in [0.05, 0.1) is 12.1 Å². The van der Waals surface area contributed by atoms with E-state index in [1.54, 1.807) is 6.07 Å². The molecule has 6 heteroatoms. The summed E-state index contributed by atoms with van der Waals surface area (Å²) in [5, 5.41) is 2.98. The van der Waals surface area contributed by atoms with Crippen molar-refractivity contribution in [1.82, 2.24) is 4.98 Å². The summed E-state index contributed by atoms with van der Waals surface area (Å²) in [6, 6.07) is 11.0. The van der Waals surface area contributed by atoms with Crippen molar-refractivity contribution in [1.29, 1.82) is 0 Å². The molecule has 23 heavy (non-hydrogen) atoms. The van der Waals surface area contributed by atoms with Crippen molar-refractivity contribution in [2.24, 2.45) is 0 Å². The van der Waals surface area contributed by atoms with E-state index < -0.39 is 6.17 Å². The van der Waals surface area contributed by atoms with Crippen LogP contribution >= 0.6 is 15.9 Å². The third-order valence-electron chi connectivity index (χ3n) is 3.42. The lowest BCUT2D eigenvalue weighted by atomic mass is 10.1. The summed E-state index contributed by atoms with van der Waals surface area (Å²) in [6.07, 6.45) is 1.16. The number of amides is 1. The second-order valence-electron chi connectivity index (χ2n) is 5.20. The Balaban J connectivity index is 2.08. The molecule has 1 heterocycles. The predicted octanol–water partition coefficient (Wildman–Crippen LogP) is 3.22. The largest absolute Gasteiger partial charge is 0.329 e. The molecule has 0 fully saturated rings. The molecule has 0 radical (unpaired) electrons. The van der Waals surface area contributed by atoms with Crippen molar-refractivity contribution in [3.05, 3.63) is 64.1 Å². The first-order valence-corrected chi connectivity index (χ1v) is 8.46. The summed E-state index contributed by atoms with van der Waals surface area (Å²) in [6.45, 7) is 0. The molecule has 0 saturated heterocycles. The topological polar surface area (TPSA) is 62.0 Å². The molecule has 2 aromatic rings. The lowest BCUT2D eigenvalue weighted by Crippen LogP contribution is -2.21. The number of carbonyl (C=O) groups excluding carboxylic acids is 1. The number of aromatic nitrogens is 1. The molecule has 0 aliphatic heterocycles. The number of anilines is 1. The number of hydrogen-bond acceptors (Lipinski definition) is 2. The Hall–Kier alpha value is -1.95. The molecule has 1 atom stereocenters. The summed E-state index contributed by atoms with van der Waals surface area (Å²) in [7, 11) is 0. The van der Waals surface area contributed by atoms with E-state index in [1.165, 1.54) is 6.20 Å². The second-order valence-corrected chi connectivity index (χ2v) is 5.85. The van der Waals surface area contributed by atoms with Gasteiger partial charge in [-0.3, -0.25) is 9.59 Å². The molecule has 2 N–H and O–H groups in total. The molecule has 0 bridgehead atoms. The van der Waals surface area contributed by atoms with Crippen LogP contribution in [0.4, 0.5) is 10.1 Å². The average Bonchev–Trinajstić information content (AvgIpc) is 2.55. The monoisotopic (exact) mass is 380 g/mol. The van der Waals surface area contributed by atoms with E-state index in [2.05, 4.69) is 26.2 Å². The Morgan fingerprint density at radius 3 is 2.70 bits per heavy atom. The number of halogens is 2. The number of benzene rings is 1. The Morgan fingerprint density at radius 2 is 2.00 bits per heavy atom. The molecule has 122 valence electrons. The van der Waals surface area contributed by atoms with Gasteiger partial charge in [-0.2, -0.15) is 0 Å². The van der Waals surface area contributed by atoms with Crippen LogP contribution in [0.1, 0.15) is 17.5 Å². The molecule has 1 amide bonds. The Labute approximate surface area is 142 Å². The van der Waals surface area contributed by atoms with Gasteiger partial charge in [0.15, 0.2) is 0 Å². The van der Waals surface area contributed by atoms with Crippen LogP contribution in [0.3, 0.4) is 0 Å². The molecule has 0 aliphatic rings. The fraction of sp³-hybridized carbons (Fsp3) is 0.294. The van der Waals surface area contributed by atoms with Crippen molar-refractivity contribution in [2.75, 3.05) is 10.6 Å². The van der Waals surface area contributed by atoms with Gasteiger partial charge in [-0.25, -0.2) is 4.39 Å². The third-order valence-corrected chi connectivity index (χ3v) is 4.12. The summed E-state index contributed by atoms with van der Waals surface area (Å²) in [5.74, 6) is -0.208. The Morgan fingerprint density at radius 1 is 1.26 bits per heavy atom. The van der Waals surface area contributed by atoms with Gasteiger partial charge in [-0.15, -0.1) is 0 Å². The summed E-state index contributed by atoms with van der Waals surface area (Å²) in [5.41, 5.74) is 1.43. The van der Waals surface area contributed by atoms with E-state index in [1.807, 2.05) is 30.3 Å². The van der Waals surface area contributed by atoms with Gasteiger partial charge < -0.3 is 10.3 Å². The van der Waals surface area contributed by atoms with Gasteiger partial charge in [-0.05, 0) is 24.5 Å². The first kappa shape index (κ1) is 17.4. The fourth-order valence-corrected chi connectivity index (χ4v) is 2.55. The molecule has 0 aliphatic carbocycles. The van der Waals surface area contributed by atoms with Crippen LogP contribution in [0.15, 0.2) is 47.4 Å². The predicted molar refractivity (Wildman–Crippen MR) is 92.8 cm³/mol. The van der Waals surface area contributed by atoms with Crippen LogP contribution in [0, 0.1) is 0 Å². The van der Waals surface area contributed by atoms with E-state index >= 15 is 0 Å². The van der Waals surface area contributed by atoms with Gasteiger partial charge in [0.2, 0.25) is 5.91 Å². The van der Waals surface area contributed by atoms with E-state index in [0.29, 0.717) is 11.3 Å². The maximum absolute atomic E-state index is 13.4. The highest BCUT2D eigenvalue weighted by Crippen LogP contribution is 2.15. The van der Waals surface area contributed by atoms with Crippen LogP contribution in [-0.2, 0) is 17.6 Å². The maximum Gasteiger partial charge on any atom is 0.253 e. The van der Waals surface area contributed by atoms with Crippen LogP contribution in [0.25, 0.3) is 0 Å². The maximum atomic E-state index is 13.4. The van der Waals surface area contributed by atoms with E-state index in [9.17, 15) is 14.0 Å². The highest BCUT2D eigenvalue weighted by atomic mass is 79.9. The fourth-order valence-electron chi connectivity index (χ4n) is 2.23. The minimum atomic E-state index is -1.03. The molecule has 1 unspecified atom stereocenters. The SMILES string of the molecule is O=C(Cc1ccccc1)Nc1cc[nH]c(=O)c1CCC(F)CBr. The third kappa shape index (κ3) is 5.32. The quantitative estimate of drug-likeness (QED) is 0.724. The lowest BCUT2D eigenvalue weighted by molar-refractivity contribution is -0.115. The Bertz CT molecular complexity index is 703. The van der Waals surface area contributed by atoms with Gasteiger partial charge in [-0.1, -0.05) is 46.3 Å². The van der Waals surface area contributed by atoms with Crippen molar-refractivity contribution in [2.45, 2.75) is 25.4 Å². The molecule has 2 rings (SSSR count). The normalized spacial score (nSPS) is 11.9. The first-order chi connectivity index (χ1) is 11.1. The zero-order valence-corrected chi connectivity index (χ0v) is 14.1. The number of aromatic amines is 1. The minimum Gasteiger partial charge on any atom is -0.329 e. The molecular formula is C17H18BrFN2O2. The molecule has 1 aromatic carbocycles. The number of rotatable bonds is 7. The van der Waals surface area contributed by atoms with Crippen LogP contribution in [-0.4, -0.2) is 22.4 Å². The van der Waals surface area contributed by atoms with Crippen LogP contribution < -0.4 is 10.9 Å². The number of hydrogen-bond donors (Lipinski definition) is 2. The smallest absolute Gasteiger partial charge is 0.253 e. The highest BCUT2D eigenvalue weighted by molar-refractivity contribution is 9.09. The number of pyridine rings is 1. The zero-order chi connectivity index (χ0) is 16.7. The van der Waals surface area contributed by atoms with Crippen LogP contribution in [0.5, 0.6) is 0 Å². The summed E-state index contributed by atoms with van der Waals surface area (Å²) < 4.78 is 13.4. The van der Waals surface area contributed by atoms with Gasteiger partial charge in [0.1, 0.15) is 6.17 Å². The number of carbonyl (C=O) groups is 1. The molecule has 1 aromatic heterocycles. The van der Waals surface area contributed by atoms with E-state index in [0.717, 1.165) is 5.56 Å². The minimum absolute atomic E-state index is 0.208. The molecular weight excluding hydrogens is 363 g/mol. The van der Waals surface area contributed by atoms with Crippen LogP contribution in [0.2, 0.25) is 0 Å². The number of nitrogens with one attached hydrogen (secondary N) is 2. The van der Waals surface area contributed by atoms with Crippen molar-refractivity contribution in [3.63, 3.8) is 0 Å². The average molecular weight is 381 g/mol. The van der Waals surface area contributed by atoms with Gasteiger partial charge >= 0.3 is 0 Å². The van der Waals surface area contributed by atoms with Crippen molar-refractivity contribution in [3.8, 4) is 0 Å². The standard InChI is InChI=1S/C17H18BrFN2O2/c18-11-13(19)6-7-14-15(8-9-20-17(14)23)21-16(22)10-12-4-2-1-3-5-12/h1-5,8-9,13H,6-7,10-11H2,(H2,20,21,22,23). The van der Waals surface area contributed by atoms with Crippen molar-refractivity contribution >= 4 is 27.5 Å².